The van der Waals surface area contributed by atoms with Gasteiger partial charge in [0.1, 0.15) is 10.8 Å². The van der Waals surface area contributed by atoms with E-state index < -0.39 is 23.7 Å². The lowest BCUT2D eigenvalue weighted by molar-refractivity contribution is -0.142. The molecule has 12 heteroatoms. The maximum Gasteiger partial charge on any atom is 0.433 e. The number of methoxy groups -OCH3 is 1. The third kappa shape index (κ3) is 4.28. The Balaban J connectivity index is 1.54. The maximum atomic E-state index is 13.9. The molecule has 36 heavy (non-hydrogen) atoms. The van der Waals surface area contributed by atoms with Crippen molar-refractivity contribution >= 4 is 33.8 Å². The Morgan fingerprint density at radius 1 is 1.14 bits per heavy atom. The van der Waals surface area contributed by atoms with Crippen LogP contribution in [0.15, 0.2) is 36.4 Å². The van der Waals surface area contributed by atoms with Crippen molar-refractivity contribution < 1.29 is 27.5 Å². The van der Waals surface area contributed by atoms with E-state index >= 15 is 0 Å². The first-order valence-electron chi connectivity index (χ1n) is 11.0. The van der Waals surface area contributed by atoms with Gasteiger partial charge in [-0.3, -0.25) is 9.59 Å². The number of nitrogens with one attached hydrogen (secondary N) is 1. The van der Waals surface area contributed by atoms with E-state index in [2.05, 4.69) is 15.4 Å². The van der Waals surface area contributed by atoms with E-state index in [0.29, 0.717) is 22.2 Å². The number of carbonyl (C=O) groups is 2. The average molecular weight is 516 g/mol. The second kappa shape index (κ2) is 8.94. The largest absolute Gasteiger partial charge is 0.497 e. The van der Waals surface area contributed by atoms with Crippen LogP contribution in [0.4, 0.5) is 18.2 Å². The predicted octanol–water partition coefficient (Wildman–Crippen LogP) is 4.72. The van der Waals surface area contributed by atoms with Crippen LogP contribution in [0.5, 0.6) is 5.75 Å². The number of nitrogens with two attached hydrogens (primary N) is 1. The molecule has 0 bridgehead atoms. The summed E-state index contributed by atoms with van der Waals surface area (Å²) in [7, 11) is 1.48. The minimum absolute atomic E-state index is 0.0614. The van der Waals surface area contributed by atoms with E-state index in [-0.39, 0.29) is 27.6 Å². The zero-order chi connectivity index (χ0) is 25.6. The smallest absolute Gasteiger partial charge is 0.433 e. The molecule has 0 radical (unpaired) electrons. The van der Waals surface area contributed by atoms with Crippen LogP contribution in [0.2, 0.25) is 0 Å². The van der Waals surface area contributed by atoms with Crippen molar-refractivity contribution in [1.82, 2.24) is 14.6 Å². The molecule has 0 saturated carbocycles. The highest BCUT2D eigenvalue weighted by molar-refractivity contribution is 7.17. The summed E-state index contributed by atoms with van der Waals surface area (Å²) >= 11 is 1.26. The number of primary amides is 1. The van der Waals surface area contributed by atoms with Crippen LogP contribution in [0, 0.1) is 0 Å². The summed E-state index contributed by atoms with van der Waals surface area (Å²) in [6, 6.07) is 8.45. The monoisotopic (exact) mass is 515 g/mol. The van der Waals surface area contributed by atoms with Gasteiger partial charge < -0.3 is 15.8 Å². The summed E-state index contributed by atoms with van der Waals surface area (Å²) in [6.07, 6.45) is -1.42. The van der Waals surface area contributed by atoms with Gasteiger partial charge in [0.15, 0.2) is 17.0 Å². The zero-order valence-electron chi connectivity index (χ0n) is 19.0. The van der Waals surface area contributed by atoms with Gasteiger partial charge in [0.2, 0.25) is 0 Å². The van der Waals surface area contributed by atoms with E-state index in [0.717, 1.165) is 35.8 Å². The van der Waals surface area contributed by atoms with Crippen molar-refractivity contribution in [2.24, 2.45) is 5.73 Å². The Labute approximate surface area is 206 Å². The number of hydrogen-bond acceptors (Lipinski definition) is 6. The van der Waals surface area contributed by atoms with Gasteiger partial charge in [0.25, 0.3) is 11.8 Å². The molecule has 4 aromatic rings. The zero-order valence-corrected chi connectivity index (χ0v) is 19.8. The molecule has 2 amide bonds. The molecule has 0 atom stereocenters. The van der Waals surface area contributed by atoms with Crippen molar-refractivity contribution in [3.05, 3.63) is 63.8 Å². The molecule has 0 saturated heterocycles. The van der Waals surface area contributed by atoms with E-state index in [9.17, 15) is 22.8 Å². The molecule has 1 aliphatic carbocycles. The summed E-state index contributed by atoms with van der Waals surface area (Å²) in [6.45, 7) is 0. The molecular weight excluding hydrogens is 495 g/mol. The van der Waals surface area contributed by atoms with Crippen LogP contribution in [0.1, 0.15) is 49.8 Å². The van der Waals surface area contributed by atoms with Crippen molar-refractivity contribution in [3.8, 4) is 17.0 Å². The van der Waals surface area contributed by atoms with Crippen LogP contribution in [-0.2, 0) is 19.0 Å². The molecule has 1 aliphatic rings. The minimum Gasteiger partial charge on any atom is -0.497 e. The van der Waals surface area contributed by atoms with E-state index in [4.69, 9.17) is 10.5 Å². The first-order valence-corrected chi connectivity index (χ1v) is 11.9. The maximum absolute atomic E-state index is 13.9. The van der Waals surface area contributed by atoms with Crippen LogP contribution in [0.25, 0.3) is 16.9 Å². The fourth-order valence-corrected chi connectivity index (χ4v) is 5.57. The lowest BCUT2D eigenvalue weighted by atomic mass is 9.95. The quantitative estimate of drug-likeness (QED) is 0.400. The third-order valence-corrected chi connectivity index (χ3v) is 7.19. The Kier molecular flexibility index (Phi) is 5.91. The highest BCUT2D eigenvalue weighted by Gasteiger charge is 2.36. The van der Waals surface area contributed by atoms with Crippen molar-refractivity contribution in [3.63, 3.8) is 0 Å². The van der Waals surface area contributed by atoms with Crippen LogP contribution >= 0.6 is 11.3 Å². The molecule has 3 N–H and O–H groups in total. The van der Waals surface area contributed by atoms with Gasteiger partial charge in [-0.25, -0.2) is 9.50 Å². The Hall–Kier alpha value is -3.93. The van der Waals surface area contributed by atoms with Crippen LogP contribution < -0.4 is 15.8 Å². The number of aryl methyl sites for hydroxylation is 1. The average Bonchev–Trinajstić information content (AvgIpc) is 3.44. The van der Waals surface area contributed by atoms with Crippen LogP contribution in [0.3, 0.4) is 0 Å². The fraction of sp³-hybridized carbons (Fsp3) is 0.250. The SMILES string of the molecule is COc1ccc(-c2cc(C(F)(F)F)n3nc(C(=O)Nc4sc5c(c4C(N)=O)CCCC5)cc3n2)cc1. The number of halogens is 3. The molecule has 1 aromatic carbocycles. The Morgan fingerprint density at radius 3 is 2.53 bits per heavy atom. The van der Waals surface area contributed by atoms with Gasteiger partial charge in [-0.15, -0.1) is 11.3 Å². The van der Waals surface area contributed by atoms with Gasteiger partial charge in [0.05, 0.1) is 18.4 Å². The first-order chi connectivity index (χ1) is 17.2. The van der Waals surface area contributed by atoms with Crippen LogP contribution in [-0.4, -0.2) is 33.5 Å². The van der Waals surface area contributed by atoms with Gasteiger partial charge in [0, 0.05) is 16.5 Å². The number of rotatable bonds is 5. The number of amides is 2. The number of thiophene rings is 1. The fourth-order valence-electron chi connectivity index (χ4n) is 4.28. The van der Waals surface area contributed by atoms with Gasteiger partial charge in [-0.2, -0.15) is 18.3 Å². The molecule has 186 valence electrons. The molecule has 3 heterocycles. The van der Waals surface area contributed by atoms with Gasteiger partial charge in [-0.05, 0) is 61.6 Å². The number of aromatic nitrogens is 3. The number of alkyl halides is 3. The van der Waals surface area contributed by atoms with E-state index in [1.165, 1.54) is 24.5 Å². The normalized spacial score (nSPS) is 13.4. The summed E-state index contributed by atoms with van der Waals surface area (Å²) in [5, 5.41) is 6.79. The number of ether oxygens (including phenoxy) is 1. The minimum atomic E-state index is -4.76. The first kappa shape index (κ1) is 23.8. The molecule has 0 spiro atoms. The number of anilines is 1. The second-order valence-corrected chi connectivity index (χ2v) is 9.39. The van der Waals surface area contributed by atoms with Crippen molar-refractivity contribution in [2.45, 2.75) is 31.9 Å². The third-order valence-electron chi connectivity index (χ3n) is 5.98. The highest BCUT2D eigenvalue weighted by Crippen LogP contribution is 2.38. The number of hydrogen-bond donors (Lipinski definition) is 2. The predicted molar refractivity (Wildman–Crippen MR) is 127 cm³/mol. The number of nitrogens with zero attached hydrogens (tertiary/aromatic N) is 3. The molecule has 0 aliphatic heterocycles. The lowest BCUT2D eigenvalue weighted by Gasteiger charge is -2.11. The molecule has 0 fully saturated rings. The summed E-state index contributed by atoms with van der Waals surface area (Å²) in [4.78, 5) is 30.4. The topological polar surface area (TPSA) is 112 Å². The van der Waals surface area contributed by atoms with Crippen molar-refractivity contribution in [2.75, 3.05) is 12.4 Å². The molecular formula is C24H20F3N5O3S. The second-order valence-electron chi connectivity index (χ2n) is 8.29. The standard InChI is InChI=1S/C24H20F3N5O3S/c1-35-13-8-6-12(7-9-13)15-10-18(24(25,26)27)32-19(29-15)11-16(31-32)22(34)30-23-20(21(28)33)14-4-2-3-5-17(14)36-23/h6-11H,2-5H2,1H3,(H2,28,33)(H,30,34). The number of benzene rings is 1. The van der Waals surface area contributed by atoms with E-state index in [1.54, 1.807) is 24.3 Å². The summed E-state index contributed by atoms with van der Waals surface area (Å²) in [5.74, 6) is -0.879. The van der Waals surface area contributed by atoms with Gasteiger partial charge in [-0.1, -0.05) is 0 Å². The number of fused-ring (bicyclic) bond motifs is 2. The molecule has 5 rings (SSSR count). The summed E-state index contributed by atoms with van der Waals surface area (Å²) < 4.78 is 47.4. The Bertz CT molecular complexity index is 1490. The molecule has 8 nitrogen and oxygen atoms in total. The highest BCUT2D eigenvalue weighted by atomic mass is 32.1. The van der Waals surface area contributed by atoms with E-state index in [1.807, 2.05) is 0 Å². The van der Waals surface area contributed by atoms with Gasteiger partial charge >= 0.3 is 6.18 Å². The molecule has 0 unspecified atom stereocenters. The summed E-state index contributed by atoms with van der Waals surface area (Å²) in [5.41, 5.74) is 5.64. The molecule has 3 aromatic heterocycles. The van der Waals surface area contributed by atoms with Crippen molar-refractivity contribution in [1.29, 1.82) is 0 Å². The number of carbonyl (C=O) groups excluding carboxylic acids is 2. The lowest BCUT2D eigenvalue weighted by Crippen LogP contribution is -2.19. The Morgan fingerprint density at radius 2 is 1.86 bits per heavy atom.